The summed E-state index contributed by atoms with van der Waals surface area (Å²) in [5.41, 5.74) is 8.66. The van der Waals surface area contributed by atoms with Crippen LogP contribution in [0.15, 0.2) is 12.4 Å². The number of anilines is 2. The maximum atomic E-state index is 13.0. The van der Waals surface area contributed by atoms with Gasteiger partial charge < -0.3 is 20.1 Å². The van der Waals surface area contributed by atoms with Crippen LogP contribution in [0.3, 0.4) is 0 Å². The minimum Gasteiger partial charge on any atom is -0.397 e. The summed E-state index contributed by atoms with van der Waals surface area (Å²) in [6.07, 6.45) is 3.71. The number of hydrogen-bond acceptors (Lipinski definition) is 7. The van der Waals surface area contributed by atoms with Crippen LogP contribution in [0, 0.1) is 13.8 Å². The van der Waals surface area contributed by atoms with Gasteiger partial charge in [0, 0.05) is 51.0 Å². The standard InChI is InChI=1S/C17H21N7OS/c1-10-11(2)20-21-15-12(10)13(18)14(26-15)16(25)23-6-8-24(9-7-23)17-19-4-5-22(17)3/h4-5H,6-9,18H2,1-3H3. The maximum absolute atomic E-state index is 13.0. The molecular weight excluding hydrogens is 350 g/mol. The van der Waals surface area contributed by atoms with E-state index >= 15 is 0 Å². The van der Waals surface area contributed by atoms with Gasteiger partial charge in [0.2, 0.25) is 5.95 Å². The van der Waals surface area contributed by atoms with Crippen LogP contribution in [0.4, 0.5) is 11.6 Å². The lowest BCUT2D eigenvalue weighted by Crippen LogP contribution is -2.49. The Bertz CT molecular complexity index is 985. The van der Waals surface area contributed by atoms with Crippen molar-refractivity contribution in [1.82, 2.24) is 24.6 Å². The first-order chi connectivity index (χ1) is 12.5. The van der Waals surface area contributed by atoms with Gasteiger partial charge in [-0.2, -0.15) is 5.10 Å². The van der Waals surface area contributed by atoms with E-state index in [2.05, 4.69) is 20.1 Å². The number of amides is 1. The van der Waals surface area contributed by atoms with E-state index in [1.54, 1.807) is 6.20 Å². The Balaban J connectivity index is 1.56. The van der Waals surface area contributed by atoms with Gasteiger partial charge in [-0.15, -0.1) is 16.4 Å². The van der Waals surface area contributed by atoms with E-state index in [1.807, 2.05) is 36.6 Å². The molecule has 0 aliphatic carbocycles. The van der Waals surface area contributed by atoms with E-state index in [1.165, 1.54) is 11.3 Å². The van der Waals surface area contributed by atoms with Crippen molar-refractivity contribution in [2.45, 2.75) is 13.8 Å². The van der Waals surface area contributed by atoms with Crippen LogP contribution in [0.5, 0.6) is 0 Å². The molecule has 8 nitrogen and oxygen atoms in total. The number of thiophene rings is 1. The number of nitrogens with two attached hydrogens (primary N) is 1. The molecule has 0 aromatic carbocycles. The zero-order valence-corrected chi connectivity index (χ0v) is 15.9. The predicted molar refractivity (Wildman–Crippen MR) is 103 cm³/mol. The highest BCUT2D eigenvalue weighted by Crippen LogP contribution is 2.35. The fourth-order valence-electron chi connectivity index (χ4n) is 3.32. The highest BCUT2D eigenvalue weighted by Gasteiger charge is 2.27. The van der Waals surface area contributed by atoms with Gasteiger partial charge in [0.25, 0.3) is 5.91 Å². The minimum absolute atomic E-state index is 0.0259. The lowest BCUT2D eigenvalue weighted by atomic mass is 10.1. The van der Waals surface area contributed by atoms with Gasteiger partial charge >= 0.3 is 0 Å². The fraction of sp³-hybridized carbons (Fsp3) is 0.412. The number of carbonyl (C=O) groups is 1. The molecule has 1 amide bonds. The molecule has 0 atom stereocenters. The predicted octanol–water partition coefficient (Wildman–Crippen LogP) is 1.59. The summed E-state index contributed by atoms with van der Waals surface area (Å²) in [5.74, 6) is 0.905. The topological polar surface area (TPSA) is 93.2 Å². The number of imidazole rings is 1. The Kier molecular flexibility index (Phi) is 4.03. The fourth-order valence-corrected chi connectivity index (χ4v) is 4.38. The van der Waals surface area contributed by atoms with Crippen LogP contribution < -0.4 is 10.6 Å². The second-order valence-corrected chi connectivity index (χ2v) is 7.55. The minimum atomic E-state index is -0.0259. The van der Waals surface area contributed by atoms with Crippen LogP contribution >= 0.6 is 11.3 Å². The molecule has 4 rings (SSSR count). The summed E-state index contributed by atoms with van der Waals surface area (Å²) in [7, 11) is 1.98. The Morgan fingerprint density at radius 1 is 1.19 bits per heavy atom. The molecule has 26 heavy (non-hydrogen) atoms. The Hall–Kier alpha value is -2.68. The highest BCUT2D eigenvalue weighted by atomic mass is 32.1. The van der Waals surface area contributed by atoms with Crippen molar-refractivity contribution in [3.63, 3.8) is 0 Å². The Morgan fingerprint density at radius 3 is 2.58 bits per heavy atom. The number of fused-ring (bicyclic) bond motifs is 1. The Labute approximate surface area is 155 Å². The van der Waals surface area contributed by atoms with E-state index in [9.17, 15) is 4.79 Å². The Morgan fingerprint density at radius 2 is 1.92 bits per heavy atom. The number of hydrogen-bond donors (Lipinski definition) is 1. The van der Waals surface area contributed by atoms with Gasteiger partial charge in [-0.25, -0.2) is 4.98 Å². The van der Waals surface area contributed by atoms with Crippen LogP contribution in [0.2, 0.25) is 0 Å². The van der Waals surface area contributed by atoms with E-state index in [0.29, 0.717) is 23.7 Å². The SMILES string of the molecule is Cc1nnc2sc(C(=O)N3CCN(c4nccn4C)CC3)c(N)c2c1C. The largest absolute Gasteiger partial charge is 0.397 e. The molecule has 3 aromatic heterocycles. The van der Waals surface area contributed by atoms with Crippen molar-refractivity contribution in [3.05, 3.63) is 28.5 Å². The van der Waals surface area contributed by atoms with Crippen LogP contribution in [0.1, 0.15) is 20.9 Å². The molecule has 1 aliphatic rings. The van der Waals surface area contributed by atoms with E-state index in [0.717, 1.165) is 40.5 Å². The summed E-state index contributed by atoms with van der Waals surface area (Å²) in [6.45, 7) is 6.65. The van der Waals surface area contributed by atoms with Crippen molar-refractivity contribution >= 4 is 39.1 Å². The molecule has 0 radical (unpaired) electrons. The highest BCUT2D eigenvalue weighted by molar-refractivity contribution is 7.21. The third kappa shape index (κ3) is 2.59. The first-order valence-corrected chi connectivity index (χ1v) is 9.32. The van der Waals surface area contributed by atoms with E-state index < -0.39 is 0 Å². The van der Waals surface area contributed by atoms with Crippen molar-refractivity contribution in [3.8, 4) is 0 Å². The summed E-state index contributed by atoms with van der Waals surface area (Å²) in [4.78, 5) is 22.7. The molecule has 0 bridgehead atoms. The summed E-state index contributed by atoms with van der Waals surface area (Å²) in [6, 6.07) is 0. The molecule has 2 N–H and O–H groups in total. The number of aromatic nitrogens is 4. The number of nitrogen functional groups attached to an aromatic ring is 1. The number of piperazine rings is 1. The average Bonchev–Trinajstić information content (AvgIpc) is 3.21. The van der Waals surface area contributed by atoms with Gasteiger partial charge in [-0.1, -0.05) is 0 Å². The molecule has 136 valence electrons. The smallest absolute Gasteiger partial charge is 0.266 e. The molecule has 4 heterocycles. The molecule has 1 saturated heterocycles. The van der Waals surface area contributed by atoms with Gasteiger partial charge in [0.05, 0.1) is 11.4 Å². The molecule has 1 fully saturated rings. The van der Waals surface area contributed by atoms with Crippen molar-refractivity contribution in [2.24, 2.45) is 7.05 Å². The number of aryl methyl sites for hydroxylation is 3. The molecule has 1 aliphatic heterocycles. The zero-order chi connectivity index (χ0) is 18.4. The summed E-state index contributed by atoms with van der Waals surface area (Å²) < 4.78 is 1.99. The number of carbonyl (C=O) groups excluding carboxylic acids is 1. The van der Waals surface area contributed by atoms with Crippen LogP contribution in [-0.4, -0.2) is 56.7 Å². The zero-order valence-electron chi connectivity index (χ0n) is 15.1. The van der Waals surface area contributed by atoms with Gasteiger partial charge in [-0.3, -0.25) is 4.79 Å². The van der Waals surface area contributed by atoms with Crippen LogP contribution in [-0.2, 0) is 7.05 Å². The lowest BCUT2D eigenvalue weighted by Gasteiger charge is -2.35. The van der Waals surface area contributed by atoms with Gasteiger partial charge in [0.1, 0.15) is 9.71 Å². The first kappa shape index (κ1) is 16.8. The van der Waals surface area contributed by atoms with Crippen molar-refractivity contribution < 1.29 is 4.79 Å². The second-order valence-electron chi connectivity index (χ2n) is 6.55. The van der Waals surface area contributed by atoms with Crippen molar-refractivity contribution in [2.75, 3.05) is 36.8 Å². The average molecular weight is 371 g/mol. The third-order valence-corrected chi connectivity index (χ3v) is 6.05. The van der Waals surface area contributed by atoms with Crippen molar-refractivity contribution in [1.29, 1.82) is 0 Å². The molecular formula is C17H21N7OS. The summed E-state index contributed by atoms with van der Waals surface area (Å²) in [5, 5.41) is 9.21. The molecule has 3 aromatic rings. The number of nitrogens with zero attached hydrogens (tertiary/aromatic N) is 6. The maximum Gasteiger partial charge on any atom is 0.266 e. The van der Waals surface area contributed by atoms with Gasteiger partial charge in [0.15, 0.2) is 0 Å². The summed E-state index contributed by atoms with van der Waals surface area (Å²) >= 11 is 1.33. The molecule has 0 spiro atoms. The van der Waals surface area contributed by atoms with E-state index in [4.69, 9.17) is 5.73 Å². The molecule has 0 saturated carbocycles. The van der Waals surface area contributed by atoms with E-state index in [-0.39, 0.29) is 5.91 Å². The second kappa shape index (κ2) is 6.24. The monoisotopic (exact) mass is 371 g/mol. The van der Waals surface area contributed by atoms with Crippen LogP contribution in [0.25, 0.3) is 10.2 Å². The first-order valence-electron chi connectivity index (χ1n) is 8.50. The molecule has 9 heteroatoms. The molecule has 0 unspecified atom stereocenters. The quantitative estimate of drug-likeness (QED) is 0.735. The lowest BCUT2D eigenvalue weighted by molar-refractivity contribution is 0.0752. The van der Waals surface area contributed by atoms with Gasteiger partial charge in [-0.05, 0) is 19.4 Å². The normalized spacial score (nSPS) is 15.0. The number of rotatable bonds is 2. The third-order valence-electron chi connectivity index (χ3n) is 4.97.